The van der Waals surface area contributed by atoms with Crippen LogP contribution in [0.15, 0.2) is 39.2 Å². The van der Waals surface area contributed by atoms with Crippen LogP contribution in [0.25, 0.3) is 0 Å². The lowest BCUT2D eigenvalue weighted by Gasteiger charge is -2.07. The second-order valence-corrected chi connectivity index (χ2v) is 7.41. The van der Waals surface area contributed by atoms with Crippen molar-refractivity contribution in [1.82, 2.24) is 5.43 Å². The Balaban J connectivity index is 1.86. The van der Waals surface area contributed by atoms with Crippen molar-refractivity contribution in [2.24, 2.45) is 5.10 Å². The zero-order chi connectivity index (χ0) is 16.1. The molecule has 0 spiro atoms. The molecule has 2 aromatic rings. The van der Waals surface area contributed by atoms with E-state index in [0.29, 0.717) is 10.8 Å². The molecular formula is C15H14BrClN2O2S. The number of hydrogen-bond donors (Lipinski definition) is 1. The molecule has 0 saturated carbocycles. The van der Waals surface area contributed by atoms with Crippen molar-refractivity contribution in [3.63, 3.8) is 0 Å². The number of rotatable bonds is 5. The van der Waals surface area contributed by atoms with E-state index in [4.69, 9.17) is 16.3 Å². The molecule has 0 bridgehead atoms. The molecule has 0 fully saturated rings. The summed E-state index contributed by atoms with van der Waals surface area (Å²) in [5.41, 5.74) is 4.12. The molecule has 0 atom stereocenters. The highest BCUT2D eigenvalue weighted by Gasteiger charge is 2.05. The number of ether oxygens (including phenoxy) is 1. The fourth-order valence-electron chi connectivity index (χ4n) is 1.60. The van der Waals surface area contributed by atoms with Crippen LogP contribution in [0.1, 0.15) is 17.4 Å². The second-order valence-electron chi connectivity index (χ2n) is 4.54. The van der Waals surface area contributed by atoms with Gasteiger partial charge in [-0.3, -0.25) is 4.79 Å². The molecule has 0 radical (unpaired) electrons. The topological polar surface area (TPSA) is 50.7 Å². The summed E-state index contributed by atoms with van der Waals surface area (Å²) in [6, 6.07) is 9.12. The first kappa shape index (κ1) is 17.0. The summed E-state index contributed by atoms with van der Waals surface area (Å²) < 4.78 is 6.42. The van der Waals surface area contributed by atoms with E-state index in [1.54, 1.807) is 29.5 Å². The number of hydrazone groups is 1. The largest absolute Gasteiger partial charge is 0.484 e. The van der Waals surface area contributed by atoms with Gasteiger partial charge in [-0.05, 0) is 65.7 Å². The first-order valence-electron chi connectivity index (χ1n) is 6.43. The summed E-state index contributed by atoms with van der Waals surface area (Å²) in [6.07, 6.45) is 0. The minimum atomic E-state index is -0.317. The van der Waals surface area contributed by atoms with Gasteiger partial charge in [-0.25, -0.2) is 5.43 Å². The van der Waals surface area contributed by atoms with Crippen LogP contribution in [0.4, 0.5) is 0 Å². The van der Waals surface area contributed by atoms with E-state index < -0.39 is 0 Å². The Morgan fingerprint density at radius 2 is 2.18 bits per heavy atom. The smallest absolute Gasteiger partial charge is 0.277 e. The maximum absolute atomic E-state index is 11.7. The summed E-state index contributed by atoms with van der Waals surface area (Å²) in [4.78, 5) is 12.7. The van der Waals surface area contributed by atoms with E-state index in [9.17, 15) is 4.79 Å². The molecule has 1 N–H and O–H groups in total. The molecule has 2 rings (SSSR count). The molecule has 22 heavy (non-hydrogen) atoms. The van der Waals surface area contributed by atoms with Crippen LogP contribution in [0, 0.1) is 6.92 Å². The monoisotopic (exact) mass is 400 g/mol. The number of carbonyl (C=O) groups excluding carboxylic acids is 1. The van der Waals surface area contributed by atoms with Crippen LogP contribution >= 0.6 is 38.9 Å². The molecule has 7 heteroatoms. The summed E-state index contributed by atoms with van der Waals surface area (Å²) in [5.74, 6) is 0.280. The van der Waals surface area contributed by atoms with Gasteiger partial charge in [-0.2, -0.15) is 5.10 Å². The Bertz CT molecular complexity index is 715. The molecule has 0 unspecified atom stereocenters. The highest BCUT2D eigenvalue weighted by atomic mass is 79.9. The standard InChI is InChI=1S/C15H14BrClN2O2S/c1-9-7-11(3-4-12(9)17)21-8-15(20)19-18-10(2)13-5-6-14(16)22-13/h3-7H,8H2,1-2H3,(H,19,20)/b18-10+. The number of benzene rings is 1. The van der Waals surface area contributed by atoms with Crippen LogP contribution in [0.3, 0.4) is 0 Å². The number of halogens is 2. The van der Waals surface area contributed by atoms with Gasteiger partial charge in [0.15, 0.2) is 6.61 Å². The second kappa shape index (κ2) is 7.76. The predicted molar refractivity (Wildman–Crippen MR) is 94.1 cm³/mol. The lowest BCUT2D eigenvalue weighted by atomic mass is 10.2. The fourth-order valence-corrected chi connectivity index (χ4v) is 3.05. The van der Waals surface area contributed by atoms with Crippen molar-refractivity contribution in [3.05, 3.63) is 49.6 Å². The van der Waals surface area contributed by atoms with Crippen molar-refractivity contribution >= 4 is 50.5 Å². The third-order valence-electron chi connectivity index (χ3n) is 2.78. The summed E-state index contributed by atoms with van der Waals surface area (Å²) in [6.45, 7) is 3.61. The minimum absolute atomic E-state index is 0.105. The minimum Gasteiger partial charge on any atom is -0.484 e. The van der Waals surface area contributed by atoms with Crippen LogP contribution in [0.2, 0.25) is 5.02 Å². The summed E-state index contributed by atoms with van der Waals surface area (Å²) in [5, 5.41) is 4.72. The number of aryl methyl sites for hydroxylation is 1. The third kappa shape index (κ3) is 4.83. The molecule has 1 aromatic carbocycles. The molecule has 0 aliphatic carbocycles. The average Bonchev–Trinajstić information content (AvgIpc) is 2.92. The Morgan fingerprint density at radius 3 is 2.82 bits per heavy atom. The molecule has 0 aliphatic rings. The van der Waals surface area contributed by atoms with Gasteiger partial charge in [0, 0.05) is 5.02 Å². The Hall–Kier alpha value is -1.37. The Kier molecular flexibility index (Phi) is 5.99. The van der Waals surface area contributed by atoms with E-state index in [2.05, 4.69) is 26.5 Å². The molecule has 4 nitrogen and oxygen atoms in total. The van der Waals surface area contributed by atoms with E-state index in [-0.39, 0.29) is 12.5 Å². The molecule has 1 heterocycles. The highest BCUT2D eigenvalue weighted by Crippen LogP contribution is 2.22. The predicted octanol–water partition coefficient (Wildman–Crippen LogP) is 4.39. The zero-order valence-corrected chi connectivity index (χ0v) is 15.2. The Labute approximate surface area is 146 Å². The number of hydrogen-bond acceptors (Lipinski definition) is 4. The SMILES string of the molecule is C/C(=N\NC(=O)COc1ccc(Cl)c(C)c1)c1ccc(Br)s1. The maximum atomic E-state index is 11.7. The van der Waals surface area contributed by atoms with Gasteiger partial charge in [0.05, 0.1) is 14.4 Å². The van der Waals surface area contributed by atoms with Gasteiger partial charge in [0.25, 0.3) is 5.91 Å². The van der Waals surface area contributed by atoms with Crippen molar-refractivity contribution in [2.75, 3.05) is 6.61 Å². The zero-order valence-electron chi connectivity index (χ0n) is 12.0. The number of nitrogens with one attached hydrogen (secondary N) is 1. The molecule has 0 saturated heterocycles. The molecule has 1 aromatic heterocycles. The quantitative estimate of drug-likeness (QED) is 0.596. The first-order chi connectivity index (χ1) is 10.5. The van der Waals surface area contributed by atoms with Gasteiger partial charge in [0.2, 0.25) is 0 Å². The van der Waals surface area contributed by atoms with Gasteiger partial charge in [0.1, 0.15) is 5.75 Å². The van der Waals surface area contributed by atoms with Crippen LogP contribution in [-0.4, -0.2) is 18.2 Å². The van der Waals surface area contributed by atoms with Gasteiger partial charge >= 0.3 is 0 Å². The fraction of sp³-hybridized carbons (Fsp3) is 0.200. The number of thiophene rings is 1. The van der Waals surface area contributed by atoms with Crippen molar-refractivity contribution < 1.29 is 9.53 Å². The van der Waals surface area contributed by atoms with Crippen molar-refractivity contribution in [1.29, 1.82) is 0 Å². The van der Waals surface area contributed by atoms with Gasteiger partial charge in [-0.15, -0.1) is 11.3 Å². The van der Waals surface area contributed by atoms with Crippen molar-refractivity contribution in [2.45, 2.75) is 13.8 Å². The first-order valence-corrected chi connectivity index (χ1v) is 8.42. The maximum Gasteiger partial charge on any atom is 0.277 e. The van der Waals surface area contributed by atoms with E-state index in [1.807, 2.05) is 26.0 Å². The molecule has 1 amide bonds. The third-order valence-corrected chi connectivity index (χ3v) is 4.93. The van der Waals surface area contributed by atoms with Crippen LogP contribution in [0.5, 0.6) is 5.75 Å². The summed E-state index contributed by atoms with van der Waals surface area (Å²) in [7, 11) is 0. The highest BCUT2D eigenvalue weighted by molar-refractivity contribution is 9.11. The normalized spacial score (nSPS) is 11.4. The number of carbonyl (C=O) groups is 1. The van der Waals surface area contributed by atoms with E-state index >= 15 is 0 Å². The number of nitrogens with zero attached hydrogens (tertiary/aromatic N) is 1. The van der Waals surface area contributed by atoms with Gasteiger partial charge in [-0.1, -0.05) is 11.6 Å². The molecular weight excluding hydrogens is 388 g/mol. The average molecular weight is 402 g/mol. The number of amides is 1. The Morgan fingerprint density at radius 1 is 1.41 bits per heavy atom. The van der Waals surface area contributed by atoms with Crippen LogP contribution < -0.4 is 10.2 Å². The lowest BCUT2D eigenvalue weighted by Crippen LogP contribution is -2.25. The van der Waals surface area contributed by atoms with Gasteiger partial charge < -0.3 is 4.74 Å². The molecule has 116 valence electrons. The van der Waals surface area contributed by atoms with Crippen molar-refractivity contribution in [3.8, 4) is 5.75 Å². The molecule has 0 aliphatic heterocycles. The van der Waals surface area contributed by atoms with Crippen LogP contribution in [-0.2, 0) is 4.79 Å². The summed E-state index contributed by atoms with van der Waals surface area (Å²) >= 11 is 10.9. The van der Waals surface area contributed by atoms with E-state index in [0.717, 1.165) is 19.9 Å². The lowest BCUT2D eigenvalue weighted by molar-refractivity contribution is -0.123. The van der Waals surface area contributed by atoms with E-state index in [1.165, 1.54) is 0 Å².